The van der Waals surface area contributed by atoms with Gasteiger partial charge in [0.2, 0.25) is 0 Å². The predicted molar refractivity (Wildman–Crippen MR) is 38.5 cm³/mol. The zero-order valence-corrected chi connectivity index (χ0v) is 6.13. The first-order valence-corrected chi connectivity index (χ1v) is 3.49. The maximum atomic E-state index is 8.67. The van der Waals surface area contributed by atoms with Gasteiger partial charge in [0, 0.05) is 0 Å². The molecular formula is C7H13NO2. The Bertz CT molecular complexity index is 150. The zero-order valence-electron chi connectivity index (χ0n) is 6.13. The highest BCUT2D eigenvalue weighted by atomic mass is 16.5. The fraction of sp³-hybridized carbons (Fsp3) is 0.714. The van der Waals surface area contributed by atoms with Crippen molar-refractivity contribution in [3.8, 4) is 0 Å². The zero-order chi connectivity index (χ0) is 7.61. The first-order valence-electron chi connectivity index (χ1n) is 3.49. The molecule has 0 aromatic rings. The first-order chi connectivity index (χ1) is 4.73. The van der Waals surface area contributed by atoms with Crippen molar-refractivity contribution < 1.29 is 9.84 Å². The minimum absolute atomic E-state index is 0.342. The lowest BCUT2D eigenvalue weighted by molar-refractivity contribution is 0.191. The van der Waals surface area contributed by atoms with Crippen LogP contribution >= 0.6 is 0 Å². The van der Waals surface area contributed by atoms with Gasteiger partial charge in [-0.05, 0) is 19.8 Å². The van der Waals surface area contributed by atoms with E-state index in [2.05, 4.69) is 0 Å². The highest BCUT2D eigenvalue weighted by Gasteiger charge is 2.44. The summed E-state index contributed by atoms with van der Waals surface area (Å²) in [6.45, 7) is 2.43. The molecule has 0 spiro atoms. The lowest BCUT2D eigenvalue weighted by Crippen LogP contribution is -2.26. The van der Waals surface area contributed by atoms with E-state index >= 15 is 0 Å². The van der Waals surface area contributed by atoms with Gasteiger partial charge in [0.05, 0.1) is 12.1 Å². The highest BCUT2D eigenvalue weighted by Crippen LogP contribution is 2.39. The molecular weight excluding hydrogens is 130 g/mol. The Morgan fingerprint density at radius 1 is 1.80 bits per heavy atom. The highest BCUT2D eigenvalue weighted by molar-refractivity contribution is 5.20. The summed E-state index contributed by atoms with van der Waals surface area (Å²) in [6.07, 6.45) is 2.80. The third-order valence-corrected chi connectivity index (χ3v) is 1.70. The lowest BCUT2D eigenvalue weighted by Gasteiger charge is -2.12. The van der Waals surface area contributed by atoms with E-state index in [1.807, 2.05) is 6.92 Å². The number of ether oxygens (including phenoxy) is 1. The molecule has 3 nitrogen and oxygen atoms in total. The summed E-state index contributed by atoms with van der Waals surface area (Å²) in [4.78, 5) is 0. The Morgan fingerprint density at radius 2 is 2.40 bits per heavy atom. The minimum atomic E-state index is -0.342. The molecule has 10 heavy (non-hydrogen) atoms. The van der Waals surface area contributed by atoms with Crippen molar-refractivity contribution in [2.75, 3.05) is 6.61 Å². The van der Waals surface area contributed by atoms with Crippen LogP contribution in [-0.2, 0) is 4.74 Å². The van der Waals surface area contributed by atoms with Gasteiger partial charge in [-0.3, -0.25) is 0 Å². The molecule has 0 aromatic heterocycles. The van der Waals surface area contributed by atoms with Crippen molar-refractivity contribution in [3.63, 3.8) is 0 Å². The lowest BCUT2D eigenvalue weighted by atomic mass is 10.2. The summed E-state index contributed by atoms with van der Waals surface area (Å²) in [5.41, 5.74) is 5.39. The predicted octanol–water partition coefficient (Wildman–Crippen LogP) is 0.914. The van der Waals surface area contributed by atoms with Gasteiger partial charge < -0.3 is 15.6 Å². The molecule has 0 unspecified atom stereocenters. The Labute approximate surface area is 60.5 Å². The molecule has 0 saturated heterocycles. The van der Waals surface area contributed by atoms with Crippen molar-refractivity contribution in [1.82, 2.24) is 0 Å². The summed E-state index contributed by atoms with van der Waals surface area (Å²) in [7, 11) is 0. The molecule has 0 aromatic carbocycles. The number of hydrogen-bond donors (Lipinski definition) is 2. The number of aliphatic hydroxyl groups is 1. The van der Waals surface area contributed by atoms with Crippen LogP contribution < -0.4 is 5.73 Å². The van der Waals surface area contributed by atoms with Crippen LogP contribution in [0.2, 0.25) is 0 Å². The van der Waals surface area contributed by atoms with Crippen molar-refractivity contribution in [3.05, 3.63) is 12.0 Å². The number of rotatable bonds is 3. The van der Waals surface area contributed by atoms with Crippen LogP contribution in [0.5, 0.6) is 0 Å². The molecule has 0 heterocycles. The van der Waals surface area contributed by atoms with Gasteiger partial charge in [-0.2, -0.15) is 0 Å². The van der Waals surface area contributed by atoms with Crippen LogP contribution in [-0.4, -0.2) is 17.3 Å². The summed E-state index contributed by atoms with van der Waals surface area (Å²) in [6, 6.07) is 0. The van der Waals surface area contributed by atoms with Gasteiger partial charge in [0.25, 0.3) is 0 Å². The van der Waals surface area contributed by atoms with Crippen molar-refractivity contribution in [2.24, 2.45) is 5.73 Å². The molecule has 1 aliphatic rings. The average Bonchev–Trinajstić information content (AvgIpc) is 2.64. The first kappa shape index (κ1) is 7.41. The quantitative estimate of drug-likeness (QED) is 0.577. The second-order valence-electron chi connectivity index (χ2n) is 2.58. The molecule has 0 aliphatic heterocycles. The van der Waals surface area contributed by atoms with Crippen LogP contribution in [0.3, 0.4) is 0 Å². The molecule has 3 N–H and O–H groups in total. The number of aliphatic hydroxyl groups excluding tert-OH is 1. The summed E-state index contributed by atoms with van der Waals surface area (Å²) in [5.74, 6) is 0.523. The third kappa shape index (κ3) is 1.24. The fourth-order valence-electron chi connectivity index (χ4n) is 0.846. The van der Waals surface area contributed by atoms with Gasteiger partial charge in [-0.15, -0.1) is 0 Å². The Kier molecular flexibility index (Phi) is 1.85. The fourth-order valence-corrected chi connectivity index (χ4v) is 0.846. The minimum Gasteiger partial charge on any atom is -0.512 e. The van der Waals surface area contributed by atoms with Gasteiger partial charge in [0.1, 0.15) is 12.0 Å². The Hall–Kier alpha value is -0.700. The van der Waals surface area contributed by atoms with Gasteiger partial charge in [-0.25, -0.2) is 0 Å². The maximum absolute atomic E-state index is 8.67. The van der Waals surface area contributed by atoms with Crippen LogP contribution in [0.4, 0.5) is 0 Å². The molecule has 58 valence electrons. The van der Waals surface area contributed by atoms with E-state index in [9.17, 15) is 0 Å². The van der Waals surface area contributed by atoms with E-state index in [-0.39, 0.29) is 5.54 Å². The molecule has 1 saturated carbocycles. The van der Waals surface area contributed by atoms with E-state index in [1.165, 1.54) is 0 Å². The van der Waals surface area contributed by atoms with E-state index in [4.69, 9.17) is 15.6 Å². The molecule has 1 rings (SSSR count). The molecule has 1 aliphatic carbocycles. The van der Waals surface area contributed by atoms with Crippen LogP contribution in [0.15, 0.2) is 12.0 Å². The molecule has 3 heteroatoms. The normalized spacial score (nSPS) is 22.4. The van der Waals surface area contributed by atoms with E-state index < -0.39 is 0 Å². The monoisotopic (exact) mass is 143 g/mol. The smallest absolute Gasteiger partial charge is 0.150 e. The molecule has 0 amide bonds. The number of nitrogens with two attached hydrogens (primary N) is 1. The second-order valence-corrected chi connectivity index (χ2v) is 2.58. The second kappa shape index (κ2) is 2.50. The van der Waals surface area contributed by atoms with Gasteiger partial charge >= 0.3 is 0 Å². The van der Waals surface area contributed by atoms with E-state index in [0.29, 0.717) is 12.4 Å². The third-order valence-electron chi connectivity index (χ3n) is 1.70. The summed E-state index contributed by atoms with van der Waals surface area (Å²) < 4.78 is 5.10. The van der Waals surface area contributed by atoms with Crippen molar-refractivity contribution in [2.45, 2.75) is 25.3 Å². The van der Waals surface area contributed by atoms with Gasteiger partial charge in [-0.1, -0.05) is 0 Å². The van der Waals surface area contributed by atoms with Crippen LogP contribution in [0.1, 0.15) is 19.8 Å². The van der Waals surface area contributed by atoms with E-state index in [1.54, 1.807) is 0 Å². The van der Waals surface area contributed by atoms with Gasteiger partial charge in [0.15, 0.2) is 0 Å². The molecule has 1 fully saturated rings. The van der Waals surface area contributed by atoms with Crippen LogP contribution in [0, 0.1) is 0 Å². The standard InChI is InChI=1S/C7H13NO2/c1-2-10-6(5-9)7(8)3-4-7/h5,9H,2-4,8H2,1H3/b6-5+. The number of hydrogen-bond acceptors (Lipinski definition) is 3. The Balaban J connectivity index is 2.49. The molecule has 0 radical (unpaired) electrons. The molecule has 0 bridgehead atoms. The van der Waals surface area contributed by atoms with E-state index in [0.717, 1.165) is 19.1 Å². The van der Waals surface area contributed by atoms with Crippen molar-refractivity contribution in [1.29, 1.82) is 0 Å². The summed E-state index contributed by atoms with van der Waals surface area (Å²) in [5, 5.41) is 8.67. The topological polar surface area (TPSA) is 55.5 Å². The maximum Gasteiger partial charge on any atom is 0.150 e. The molecule has 0 atom stereocenters. The summed E-state index contributed by atoms with van der Waals surface area (Å²) >= 11 is 0. The van der Waals surface area contributed by atoms with Crippen LogP contribution in [0.25, 0.3) is 0 Å². The largest absolute Gasteiger partial charge is 0.512 e. The average molecular weight is 143 g/mol. The SMILES string of the molecule is CCO/C(=C/O)C1(N)CC1. The van der Waals surface area contributed by atoms with Crippen molar-refractivity contribution >= 4 is 0 Å². The Morgan fingerprint density at radius 3 is 2.70 bits per heavy atom.